The van der Waals surface area contributed by atoms with Crippen LogP contribution in [0.4, 0.5) is 0 Å². The fraction of sp³-hybridized carbons (Fsp3) is 0.438. The molecule has 1 aromatic heterocycles. The number of aryl methyl sites for hydroxylation is 2. The van der Waals surface area contributed by atoms with Gasteiger partial charge in [0.15, 0.2) is 0 Å². The summed E-state index contributed by atoms with van der Waals surface area (Å²) in [5.74, 6) is 0.587. The van der Waals surface area contributed by atoms with Crippen LogP contribution in [0.5, 0.6) is 0 Å². The molecule has 1 saturated heterocycles. The second kappa shape index (κ2) is 4.20. The number of rotatable bonds is 2. The van der Waals surface area contributed by atoms with Gasteiger partial charge in [-0.3, -0.25) is 4.79 Å². The third-order valence-electron chi connectivity index (χ3n) is 4.55. The maximum absolute atomic E-state index is 12.0. The lowest BCUT2D eigenvalue weighted by Gasteiger charge is -2.21. The second-order valence-corrected chi connectivity index (χ2v) is 5.73. The van der Waals surface area contributed by atoms with E-state index in [0.717, 1.165) is 32.5 Å². The first-order chi connectivity index (χ1) is 9.33. The highest BCUT2D eigenvalue weighted by Gasteiger charge is 2.25. The zero-order valence-electron chi connectivity index (χ0n) is 11.0. The number of nitrogens with zero attached hydrogens (tertiary/aromatic N) is 1. The molecular weight excluding hydrogens is 236 g/mol. The quantitative estimate of drug-likeness (QED) is 0.888. The van der Waals surface area contributed by atoms with Gasteiger partial charge in [0.1, 0.15) is 5.78 Å². The molecule has 1 aromatic carbocycles. The topological polar surface area (TPSA) is 34.0 Å². The van der Waals surface area contributed by atoms with E-state index in [4.69, 9.17) is 0 Å². The number of ketones is 1. The Balaban J connectivity index is 1.72. The molecule has 2 aliphatic rings. The molecule has 1 unspecified atom stereocenters. The average molecular weight is 254 g/mol. The molecule has 0 bridgehead atoms. The van der Waals surface area contributed by atoms with Crippen molar-refractivity contribution >= 4 is 16.7 Å². The predicted molar refractivity (Wildman–Crippen MR) is 75.3 cm³/mol. The van der Waals surface area contributed by atoms with Gasteiger partial charge in [0.2, 0.25) is 0 Å². The molecule has 1 N–H and O–H groups in total. The highest BCUT2D eigenvalue weighted by atomic mass is 16.1. The van der Waals surface area contributed by atoms with Crippen LogP contribution in [0.2, 0.25) is 0 Å². The van der Waals surface area contributed by atoms with Crippen molar-refractivity contribution < 1.29 is 4.79 Å². The zero-order valence-corrected chi connectivity index (χ0v) is 11.0. The fourth-order valence-electron chi connectivity index (χ4n) is 3.55. The lowest BCUT2D eigenvalue weighted by Crippen LogP contribution is -2.37. The molecule has 0 aliphatic carbocycles. The average Bonchev–Trinajstić information content (AvgIpc) is 2.99. The fourth-order valence-corrected chi connectivity index (χ4v) is 3.55. The van der Waals surface area contributed by atoms with Crippen LogP contribution in [0, 0.1) is 5.92 Å². The number of hydrogen-bond donors (Lipinski definition) is 1. The van der Waals surface area contributed by atoms with E-state index in [9.17, 15) is 4.79 Å². The molecule has 19 heavy (non-hydrogen) atoms. The van der Waals surface area contributed by atoms with Gasteiger partial charge in [-0.15, -0.1) is 0 Å². The Morgan fingerprint density at radius 1 is 1.32 bits per heavy atom. The molecule has 0 spiro atoms. The van der Waals surface area contributed by atoms with Crippen LogP contribution < -0.4 is 5.32 Å². The van der Waals surface area contributed by atoms with E-state index >= 15 is 0 Å². The van der Waals surface area contributed by atoms with Crippen molar-refractivity contribution in [2.45, 2.75) is 25.8 Å². The summed E-state index contributed by atoms with van der Waals surface area (Å²) in [7, 11) is 0. The van der Waals surface area contributed by atoms with E-state index in [1.807, 2.05) is 0 Å². The van der Waals surface area contributed by atoms with Gasteiger partial charge in [-0.05, 0) is 24.0 Å². The van der Waals surface area contributed by atoms with E-state index in [1.165, 1.54) is 22.0 Å². The van der Waals surface area contributed by atoms with Gasteiger partial charge < -0.3 is 9.88 Å². The van der Waals surface area contributed by atoms with Crippen molar-refractivity contribution in [3.63, 3.8) is 0 Å². The third-order valence-corrected chi connectivity index (χ3v) is 4.55. The molecule has 0 amide bonds. The predicted octanol–water partition coefficient (Wildman–Crippen LogP) is 1.92. The minimum absolute atomic E-state index is 0.163. The van der Waals surface area contributed by atoms with Crippen LogP contribution in [-0.4, -0.2) is 23.4 Å². The van der Waals surface area contributed by atoms with Crippen LogP contribution in [0.15, 0.2) is 24.4 Å². The van der Waals surface area contributed by atoms with E-state index in [2.05, 4.69) is 34.3 Å². The van der Waals surface area contributed by atoms with Crippen molar-refractivity contribution in [2.24, 2.45) is 5.92 Å². The molecule has 3 heteroatoms. The normalized spacial score (nSPS) is 22.3. The van der Waals surface area contributed by atoms with Gasteiger partial charge in [-0.25, -0.2) is 0 Å². The minimum atomic E-state index is 0.163. The van der Waals surface area contributed by atoms with Gasteiger partial charge >= 0.3 is 0 Å². The Labute approximate surface area is 112 Å². The summed E-state index contributed by atoms with van der Waals surface area (Å²) in [4.78, 5) is 12.0. The molecule has 1 atom stereocenters. The van der Waals surface area contributed by atoms with Gasteiger partial charge in [0.25, 0.3) is 0 Å². The summed E-state index contributed by atoms with van der Waals surface area (Å²) in [6.07, 6.45) is 4.99. The first-order valence-electron chi connectivity index (χ1n) is 7.16. The van der Waals surface area contributed by atoms with Crippen molar-refractivity contribution in [1.29, 1.82) is 0 Å². The standard InChI is InChI=1S/C16H18N2O/c19-15-4-6-17-9-12(15)8-13-10-18-7-5-11-2-1-3-14(13)16(11)18/h1-3,10,12,17H,4-9H2. The van der Waals surface area contributed by atoms with E-state index in [0.29, 0.717) is 12.2 Å². The van der Waals surface area contributed by atoms with Crippen LogP contribution in [0.1, 0.15) is 17.5 Å². The number of para-hydroxylation sites is 1. The summed E-state index contributed by atoms with van der Waals surface area (Å²) in [5, 5.41) is 4.69. The SMILES string of the molecule is O=C1CCNCC1Cc1cn2c3c(cccc13)CC2. The highest BCUT2D eigenvalue weighted by Crippen LogP contribution is 2.31. The second-order valence-electron chi connectivity index (χ2n) is 5.73. The molecule has 0 radical (unpaired) electrons. The number of aromatic nitrogens is 1. The smallest absolute Gasteiger partial charge is 0.138 e. The van der Waals surface area contributed by atoms with Crippen LogP contribution in [0.25, 0.3) is 10.9 Å². The van der Waals surface area contributed by atoms with E-state index < -0.39 is 0 Å². The van der Waals surface area contributed by atoms with E-state index in [-0.39, 0.29) is 5.92 Å². The number of hydrogen-bond acceptors (Lipinski definition) is 2. The first kappa shape index (κ1) is 11.2. The maximum atomic E-state index is 12.0. The largest absolute Gasteiger partial charge is 0.347 e. The molecular formula is C16H18N2O. The Hall–Kier alpha value is -1.61. The van der Waals surface area contributed by atoms with Crippen molar-refractivity contribution in [1.82, 2.24) is 9.88 Å². The summed E-state index contributed by atoms with van der Waals surface area (Å²) < 4.78 is 2.36. The Morgan fingerprint density at radius 2 is 2.26 bits per heavy atom. The summed E-state index contributed by atoms with van der Waals surface area (Å²) in [6.45, 7) is 2.78. The minimum Gasteiger partial charge on any atom is -0.347 e. The number of carbonyl (C=O) groups is 1. The van der Waals surface area contributed by atoms with Gasteiger partial charge in [-0.1, -0.05) is 18.2 Å². The lowest BCUT2D eigenvalue weighted by molar-refractivity contribution is -0.123. The van der Waals surface area contributed by atoms with Crippen LogP contribution in [-0.2, 0) is 24.2 Å². The molecule has 1 fully saturated rings. The van der Waals surface area contributed by atoms with Gasteiger partial charge in [-0.2, -0.15) is 0 Å². The summed E-state index contributed by atoms with van der Waals surface area (Å²) in [5.41, 5.74) is 4.20. The number of benzene rings is 1. The van der Waals surface area contributed by atoms with Crippen molar-refractivity contribution in [3.05, 3.63) is 35.5 Å². The van der Waals surface area contributed by atoms with Crippen LogP contribution in [0.3, 0.4) is 0 Å². The third kappa shape index (κ3) is 1.72. The summed E-state index contributed by atoms with van der Waals surface area (Å²) in [6, 6.07) is 6.58. The highest BCUT2D eigenvalue weighted by molar-refractivity contribution is 5.89. The molecule has 0 saturated carbocycles. The number of piperidine rings is 1. The Bertz CT molecular complexity index is 656. The number of Topliss-reactive ketones (excluding diaryl/α,β-unsaturated/α-hetero) is 1. The number of nitrogens with one attached hydrogen (secondary N) is 1. The molecule has 4 rings (SSSR count). The molecule has 3 nitrogen and oxygen atoms in total. The zero-order chi connectivity index (χ0) is 12.8. The monoisotopic (exact) mass is 254 g/mol. The lowest BCUT2D eigenvalue weighted by atomic mass is 9.91. The van der Waals surface area contributed by atoms with Crippen molar-refractivity contribution in [2.75, 3.05) is 13.1 Å². The van der Waals surface area contributed by atoms with Crippen molar-refractivity contribution in [3.8, 4) is 0 Å². The Kier molecular flexibility index (Phi) is 2.49. The van der Waals surface area contributed by atoms with Crippen LogP contribution >= 0.6 is 0 Å². The summed E-state index contributed by atoms with van der Waals surface area (Å²) >= 11 is 0. The number of carbonyl (C=O) groups excluding carboxylic acids is 1. The molecule has 2 aromatic rings. The maximum Gasteiger partial charge on any atom is 0.138 e. The molecule has 98 valence electrons. The molecule has 3 heterocycles. The molecule has 2 aliphatic heterocycles. The van der Waals surface area contributed by atoms with Gasteiger partial charge in [0.05, 0.1) is 5.52 Å². The Morgan fingerprint density at radius 3 is 3.16 bits per heavy atom. The van der Waals surface area contributed by atoms with E-state index in [1.54, 1.807) is 0 Å². The van der Waals surface area contributed by atoms with Gasteiger partial charge in [0, 0.05) is 43.6 Å². The first-order valence-corrected chi connectivity index (χ1v) is 7.16.